The van der Waals surface area contributed by atoms with Gasteiger partial charge in [-0.15, -0.1) is 0 Å². The van der Waals surface area contributed by atoms with Gasteiger partial charge >= 0.3 is 0 Å². The minimum atomic E-state index is -0.485. The molecule has 7 nitrogen and oxygen atoms in total. The van der Waals surface area contributed by atoms with Gasteiger partial charge in [-0.2, -0.15) is 0 Å². The maximum atomic E-state index is 13.2. The van der Waals surface area contributed by atoms with Crippen LogP contribution in [0, 0.1) is 0 Å². The second kappa shape index (κ2) is 9.20. The monoisotopic (exact) mass is 420 g/mol. The molecule has 1 fully saturated rings. The van der Waals surface area contributed by atoms with E-state index in [1.165, 1.54) is 0 Å². The Morgan fingerprint density at radius 2 is 1.90 bits per heavy atom. The summed E-state index contributed by atoms with van der Waals surface area (Å²) >= 11 is 0. The molecule has 1 atom stereocenters. The maximum Gasteiger partial charge on any atom is 0.258 e. The smallest absolute Gasteiger partial charge is 0.258 e. The van der Waals surface area contributed by atoms with E-state index >= 15 is 0 Å². The molecule has 0 saturated carbocycles. The Labute approximate surface area is 182 Å². The van der Waals surface area contributed by atoms with Crippen LogP contribution >= 0.6 is 0 Å². The summed E-state index contributed by atoms with van der Waals surface area (Å²) in [6, 6.07) is 14.7. The molecule has 3 aromatic rings. The van der Waals surface area contributed by atoms with Gasteiger partial charge in [0.05, 0.1) is 29.7 Å². The Hall–Kier alpha value is -3.35. The van der Waals surface area contributed by atoms with Gasteiger partial charge in [-0.3, -0.25) is 9.59 Å². The van der Waals surface area contributed by atoms with Crippen LogP contribution in [-0.2, 0) is 17.9 Å². The number of carbonyl (C=O) groups is 2. The molecular formula is C24H28N4O3. The van der Waals surface area contributed by atoms with Gasteiger partial charge in [-0.05, 0) is 51.0 Å². The molecule has 162 valence electrons. The number of nitrogens with one attached hydrogen (secondary N) is 1. The van der Waals surface area contributed by atoms with E-state index in [9.17, 15) is 9.59 Å². The zero-order valence-corrected chi connectivity index (χ0v) is 18.0. The van der Waals surface area contributed by atoms with Crippen LogP contribution in [0.25, 0.3) is 11.0 Å². The average Bonchev–Trinajstić information content (AvgIpc) is 3.42. The largest absolute Gasteiger partial charge is 0.493 e. The Morgan fingerprint density at radius 3 is 2.71 bits per heavy atom. The molecular weight excluding hydrogens is 392 g/mol. The van der Waals surface area contributed by atoms with Gasteiger partial charge in [-0.1, -0.05) is 24.3 Å². The Morgan fingerprint density at radius 1 is 1.13 bits per heavy atom. The van der Waals surface area contributed by atoms with Gasteiger partial charge in [0.15, 0.2) is 0 Å². The summed E-state index contributed by atoms with van der Waals surface area (Å²) < 4.78 is 7.72. The van der Waals surface area contributed by atoms with Crippen molar-refractivity contribution in [1.82, 2.24) is 19.8 Å². The zero-order valence-electron chi connectivity index (χ0n) is 18.0. The van der Waals surface area contributed by atoms with Crippen molar-refractivity contribution in [3.05, 3.63) is 59.9 Å². The fourth-order valence-corrected chi connectivity index (χ4v) is 4.26. The van der Waals surface area contributed by atoms with Gasteiger partial charge in [0, 0.05) is 13.1 Å². The predicted molar refractivity (Wildman–Crippen MR) is 119 cm³/mol. The number of para-hydroxylation sites is 3. The van der Waals surface area contributed by atoms with Crippen molar-refractivity contribution in [2.75, 3.05) is 13.2 Å². The molecule has 1 aliphatic heterocycles. The number of likely N-dealkylation sites (tertiary alicyclic amines) is 1. The maximum absolute atomic E-state index is 13.2. The topological polar surface area (TPSA) is 76.5 Å². The minimum absolute atomic E-state index is 0.144. The average molecular weight is 421 g/mol. The number of rotatable bonds is 7. The number of fused-ring (bicyclic) bond motifs is 1. The summed E-state index contributed by atoms with van der Waals surface area (Å²) in [6.07, 6.45) is 1.45. The highest BCUT2D eigenvalue weighted by Gasteiger charge is 2.35. The van der Waals surface area contributed by atoms with Crippen molar-refractivity contribution in [1.29, 1.82) is 0 Å². The third kappa shape index (κ3) is 4.13. The number of hydrogen-bond donors (Lipinski definition) is 1. The number of aromatic nitrogens is 2. The third-order valence-corrected chi connectivity index (χ3v) is 5.70. The quantitative estimate of drug-likeness (QED) is 0.636. The van der Waals surface area contributed by atoms with Gasteiger partial charge in [0.2, 0.25) is 5.91 Å². The first-order chi connectivity index (χ1) is 15.1. The summed E-state index contributed by atoms with van der Waals surface area (Å²) in [5.41, 5.74) is 2.47. The molecule has 1 N–H and O–H groups in total. The van der Waals surface area contributed by atoms with E-state index in [1.54, 1.807) is 17.0 Å². The molecule has 2 aromatic carbocycles. The molecule has 4 rings (SSSR count). The van der Waals surface area contributed by atoms with Crippen LogP contribution in [0.15, 0.2) is 48.5 Å². The lowest BCUT2D eigenvalue weighted by atomic mass is 10.1. The summed E-state index contributed by atoms with van der Waals surface area (Å²) in [4.78, 5) is 32.5. The normalized spacial score (nSPS) is 15.9. The third-order valence-electron chi connectivity index (χ3n) is 5.70. The lowest BCUT2D eigenvalue weighted by Gasteiger charge is -2.25. The van der Waals surface area contributed by atoms with E-state index in [1.807, 2.05) is 43.3 Å². The first-order valence-electron chi connectivity index (χ1n) is 10.9. The van der Waals surface area contributed by atoms with Gasteiger partial charge < -0.3 is 19.5 Å². The number of nitrogens with zero attached hydrogens (tertiary/aromatic N) is 3. The van der Waals surface area contributed by atoms with Crippen LogP contribution < -0.4 is 10.1 Å². The summed E-state index contributed by atoms with van der Waals surface area (Å²) in [5, 5.41) is 3.01. The van der Waals surface area contributed by atoms with E-state index in [2.05, 4.69) is 21.8 Å². The van der Waals surface area contributed by atoms with Crippen LogP contribution in [0.5, 0.6) is 5.75 Å². The van der Waals surface area contributed by atoms with Crippen LogP contribution in [-0.4, -0.2) is 45.5 Å². The highest BCUT2D eigenvalue weighted by molar-refractivity contribution is 6.00. The molecule has 1 aromatic heterocycles. The Bertz CT molecular complexity index is 1090. The first-order valence-corrected chi connectivity index (χ1v) is 10.9. The first kappa shape index (κ1) is 20.9. The molecule has 7 heteroatoms. The van der Waals surface area contributed by atoms with Crippen molar-refractivity contribution >= 4 is 22.8 Å². The number of benzene rings is 2. The number of ether oxygens (including phenoxy) is 1. The lowest BCUT2D eigenvalue weighted by Crippen LogP contribution is -2.46. The minimum Gasteiger partial charge on any atom is -0.493 e. The zero-order chi connectivity index (χ0) is 21.8. The second-order valence-corrected chi connectivity index (χ2v) is 7.56. The van der Waals surface area contributed by atoms with E-state index in [0.717, 1.165) is 29.8 Å². The highest BCUT2D eigenvalue weighted by atomic mass is 16.5. The highest BCUT2D eigenvalue weighted by Crippen LogP contribution is 2.25. The summed E-state index contributed by atoms with van der Waals surface area (Å²) in [5.74, 6) is 1.06. The molecule has 2 heterocycles. The summed E-state index contributed by atoms with van der Waals surface area (Å²) in [6.45, 7) is 6.09. The Balaban J connectivity index is 1.48. The van der Waals surface area contributed by atoms with Crippen molar-refractivity contribution < 1.29 is 14.3 Å². The summed E-state index contributed by atoms with van der Waals surface area (Å²) in [7, 11) is 0. The van der Waals surface area contributed by atoms with Crippen molar-refractivity contribution in [3.63, 3.8) is 0 Å². The number of hydrogen-bond acceptors (Lipinski definition) is 4. The lowest BCUT2D eigenvalue weighted by molar-refractivity contribution is -0.125. The molecule has 1 unspecified atom stereocenters. The molecule has 0 bridgehead atoms. The molecule has 0 radical (unpaired) electrons. The van der Waals surface area contributed by atoms with Crippen LogP contribution in [0.1, 0.15) is 42.9 Å². The number of imidazole rings is 1. The van der Waals surface area contributed by atoms with Crippen LogP contribution in [0.4, 0.5) is 0 Å². The molecule has 0 aliphatic carbocycles. The van der Waals surface area contributed by atoms with Crippen molar-refractivity contribution in [2.45, 2.75) is 45.8 Å². The van der Waals surface area contributed by atoms with E-state index in [0.29, 0.717) is 37.4 Å². The van der Waals surface area contributed by atoms with E-state index in [-0.39, 0.29) is 11.8 Å². The fourth-order valence-electron chi connectivity index (χ4n) is 4.26. The van der Waals surface area contributed by atoms with Gasteiger partial charge in [0.1, 0.15) is 17.6 Å². The second-order valence-electron chi connectivity index (χ2n) is 7.56. The molecule has 1 saturated heterocycles. The van der Waals surface area contributed by atoms with E-state index < -0.39 is 6.04 Å². The van der Waals surface area contributed by atoms with Crippen molar-refractivity contribution in [2.24, 2.45) is 0 Å². The van der Waals surface area contributed by atoms with E-state index in [4.69, 9.17) is 4.74 Å². The number of carbonyl (C=O) groups excluding carboxylic acids is 2. The Kier molecular flexibility index (Phi) is 6.21. The van der Waals surface area contributed by atoms with Gasteiger partial charge in [0.25, 0.3) is 5.91 Å². The van der Waals surface area contributed by atoms with Crippen molar-refractivity contribution in [3.8, 4) is 5.75 Å². The standard InChI is InChI=1S/C24H28N4O3/c1-3-27-19-12-7-6-11-18(19)26-22(27)16-25-23(29)20-13-9-15-28(20)24(30)17-10-5-8-14-21(17)31-4-2/h5-8,10-12,14,20H,3-4,9,13,15-16H2,1-2H3,(H,25,29). The van der Waals surface area contributed by atoms with Crippen LogP contribution in [0.3, 0.4) is 0 Å². The van der Waals surface area contributed by atoms with Crippen LogP contribution in [0.2, 0.25) is 0 Å². The predicted octanol–water partition coefficient (Wildman–Crippen LogP) is 3.38. The molecule has 31 heavy (non-hydrogen) atoms. The molecule has 2 amide bonds. The molecule has 0 spiro atoms. The number of amides is 2. The SMILES string of the molecule is CCOc1ccccc1C(=O)N1CCCC1C(=O)NCc1nc2ccccc2n1CC. The molecule has 1 aliphatic rings. The number of aryl methyl sites for hydroxylation is 1. The fraction of sp³-hybridized carbons (Fsp3) is 0.375. The van der Waals surface area contributed by atoms with Gasteiger partial charge in [-0.25, -0.2) is 4.98 Å².